The van der Waals surface area contributed by atoms with Gasteiger partial charge in [-0.15, -0.1) is 11.8 Å². The van der Waals surface area contributed by atoms with E-state index < -0.39 is 0 Å². The van der Waals surface area contributed by atoms with Crippen LogP contribution in [0.5, 0.6) is 0 Å². The number of hydrogen-bond acceptors (Lipinski definition) is 4. The van der Waals surface area contributed by atoms with E-state index in [1.165, 1.54) is 6.42 Å². The van der Waals surface area contributed by atoms with Crippen LogP contribution >= 0.6 is 11.8 Å². The van der Waals surface area contributed by atoms with Crippen LogP contribution in [-0.4, -0.2) is 34.5 Å². The highest BCUT2D eigenvalue weighted by Crippen LogP contribution is 2.28. The van der Waals surface area contributed by atoms with Crippen LogP contribution in [0.2, 0.25) is 0 Å². The van der Waals surface area contributed by atoms with E-state index in [2.05, 4.69) is 5.16 Å². The molecule has 1 aliphatic heterocycles. The largest absolute Gasteiger partial charge is 0.409 e. The second-order valence-corrected chi connectivity index (χ2v) is 6.33. The molecule has 2 rings (SSSR count). The van der Waals surface area contributed by atoms with Gasteiger partial charge >= 0.3 is 0 Å². The van der Waals surface area contributed by atoms with Crippen molar-refractivity contribution in [3.63, 3.8) is 0 Å². The fourth-order valence-corrected chi connectivity index (χ4v) is 3.62. The fourth-order valence-electron chi connectivity index (χ4n) is 2.36. The van der Waals surface area contributed by atoms with Gasteiger partial charge in [-0.3, -0.25) is 4.79 Å². The zero-order valence-electron chi connectivity index (χ0n) is 11.9. The molecule has 0 saturated carbocycles. The highest BCUT2D eigenvalue weighted by Gasteiger charge is 2.27. The number of amides is 1. The summed E-state index contributed by atoms with van der Waals surface area (Å²) in [4.78, 5) is 14.5. The predicted molar refractivity (Wildman–Crippen MR) is 86.9 cm³/mol. The Morgan fingerprint density at radius 1 is 1.38 bits per heavy atom. The van der Waals surface area contributed by atoms with Crippen LogP contribution < -0.4 is 10.6 Å². The molecule has 5 nitrogen and oxygen atoms in total. The zero-order chi connectivity index (χ0) is 15.1. The first-order chi connectivity index (χ1) is 10.2. The van der Waals surface area contributed by atoms with E-state index in [4.69, 9.17) is 10.9 Å². The van der Waals surface area contributed by atoms with Crippen molar-refractivity contribution in [2.24, 2.45) is 10.9 Å². The minimum absolute atomic E-state index is 0.0197. The molecule has 114 valence electrons. The van der Waals surface area contributed by atoms with E-state index >= 15 is 0 Å². The van der Waals surface area contributed by atoms with E-state index in [1.807, 2.05) is 30.3 Å². The molecule has 1 fully saturated rings. The summed E-state index contributed by atoms with van der Waals surface area (Å²) in [5.41, 5.74) is 6.40. The Morgan fingerprint density at radius 2 is 2.14 bits per heavy atom. The van der Waals surface area contributed by atoms with Gasteiger partial charge in [-0.2, -0.15) is 0 Å². The summed E-state index contributed by atoms with van der Waals surface area (Å²) in [6.45, 7) is 0.426. The number of carbonyl (C=O) groups excluding carboxylic acids is 1. The Bertz CT molecular complexity index is 487. The van der Waals surface area contributed by atoms with Crippen molar-refractivity contribution in [3.8, 4) is 0 Å². The summed E-state index contributed by atoms with van der Waals surface area (Å²) < 4.78 is 0. The Labute approximate surface area is 129 Å². The SMILES string of the molecule is N/C(CCN(C(=O)C1CCCCS1)c1ccccc1)=N/O. The smallest absolute Gasteiger partial charge is 0.240 e. The Kier molecular flexibility index (Phi) is 5.92. The number of anilines is 1. The van der Waals surface area contributed by atoms with Crippen LogP contribution in [0, 0.1) is 0 Å². The number of nitrogens with two attached hydrogens (primary N) is 1. The molecule has 1 saturated heterocycles. The molecule has 1 amide bonds. The molecule has 0 aromatic heterocycles. The number of nitrogens with zero attached hydrogens (tertiary/aromatic N) is 2. The second-order valence-electron chi connectivity index (χ2n) is 5.02. The number of thioether (sulfide) groups is 1. The molecule has 0 bridgehead atoms. The summed E-state index contributed by atoms with van der Waals surface area (Å²) in [6.07, 6.45) is 3.57. The molecule has 1 heterocycles. The first kappa shape index (κ1) is 15.7. The number of amidine groups is 1. The second kappa shape index (κ2) is 7.93. The van der Waals surface area contributed by atoms with Crippen molar-refractivity contribution in [1.29, 1.82) is 0 Å². The third kappa shape index (κ3) is 4.39. The zero-order valence-corrected chi connectivity index (χ0v) is 12.8. The number of para-hydroxylation sites is 1. The average molecular weight is 307 g/mol. The molecule has 1 unspecified atom stereocenters. The van der Waals surface area contributed by atoms with E-state index in [9.17, 15) is 4.79 Å². The van der Waals surface area contributed by atoms with Crippen molar-refractivity contribution < 1.29 is 10.0 Å². The molecule has 1 atom stereocenters. The van der Waals surface area contributed by atoms with Crippen molar-refractivity contribution in [1.82, 2.24) is 0 Å². The molecular weight excluding hydrogens is 286 g/mol. The molecule has 0 aliphatic carbocycles. The minimum Gasteiger partial charge on any atom is -0.409 e. The predicted octanol–water partition coefficient (Wildman–Crippen LogP) is 2.44. The van der Waals surface area contributed by atoms with Crippen LogP contribution in [0.4, 0.5) is 5.69 Å². The first-order valence-corrected chi connectivity index (χ1v) is 8.21. The monoisotopic (exact) mass is 307 g/mol. The first-order valence-electron chi connectivity index (χ1n) is 7.17. The van der Waals surface area contributed by atoms with E-state index in [-0.39, 0.29) is 17.0 Å². The summed E-state index contributed by atoms with van der Waals surface area (Å²) in [7, 11) is 0. The standard InChI is InChI=1S/C15H21N3O2S/c16-14(17-20)9-10-18(12-6-2-1-3-7-12)15(19)13-8-4-5-11-21-13/h1-3,6-7,13,20H,4-5,8-11H2,(H2,16,17). The van der Waals surface area contributed by atoms with Crippen LogP contribution in [0.1, 0.15) is 25.7 Å². The van der Waals surface area contributed by atoms with Gasteiger partial charge in [0.2, 0.25) is 5.91 Å². The van der Waals surface area contributed by atoms with Crippen LogP contribution in [0.3, 0.4) is 0 Å². The maximum Gasteiger partial charge on any atom is 0.240 e. The summed E-state index contributed by atoms with van der Waals surface area (Å²) in [6, 6.07) is 9.57. The van der Waals surface area contributed by atoms with Crippen LogP contribution in [-0.2, 0) is 4.79 Å². The van der Waals surface area contributed by atoms with Crippen LogP contribution in [0.15, 0.2) is 35.5 Å². The number of hydrogen-bond donors (Lipinski definition) is 2. The summed E-state index contributed by atoms with van der Waals surface area (Å²) in [5.74, 6) is 1.30. The van der Waals surface area contributed by atoms with Gasteiger partial charge in [-0.25, -0.2) is 0 Å². The normalized spacial score (nSPS) is 19.2. The van der Waals surface area contributed by atoms with E-state index in [1.54, 1.807) is 16.7 Å². The van der Waals surface area contributed by atoms with Gasteiger partial charge < -0.3 is 15.8 Å². The highest BCUT2D eigenvalue weighted by atomic mass is 32.2. The lowest BCUT2D eigenvalue weighted by atomic mass is 10.1. The van der Waals surface area contributed by atoms with Gasteiger partial charge in [-0.05, 0) is 30.7 Å². The van der Waals surface area contributed by atoms with Crippen molar-refractivity contribution in [3.05, 3.63) is 30.3 Å². The summed E-state index contributed by atoms with van der Waals surface area (Å²) >= 11 is 1.73. The quantitative estimate of drug-likeness (QED) is 0.379. The average Bonchev–Trinajstić information content (AvgIpc) is 2.56. The maximum absolute atomic E-state index is 12.8. The van der Waals surface area contributed by atoms with Gasteiger partial charge in [0.1, 0.15) is 5.84 Å². The minimum atomic E-state index is 0.0197. The summed E-state index contributed by atoms with van der Waals surface area (Å²) in [5, 5.41) is 11.7. The van der Waals surface area contributed by atoms with Crippen LogP contribution in [0.25, 0.3) is 0 Å². The Balaban J connectivity index is 2.12. The topological polar surface area (TPSA) is 78.9 Å². The van der Waals surface area contributed by atoms with E-state index in [0.717, 1.165) is 24.3 Å². The molecular formula is C15H21N3O2S. The van der Waals surface area contributed by atoms with Crippen molar-refractivity contribution >= 4 is 29.2 Å². The lowest BCUT2D eigenvalue weighted by Crippen LogP contribution is -2.40. The molecule has 1 aromatic rings. The molecule has 21 heavy (non-hydrogen) atoms. The van der Waals surface area contributed by atoms with E-state index in [0.29, 0.717) is 13.0 Å². The Hall–Kier alpha value is -1.69. The van der Waals surface area contributed by atoms with Crippen molar-refractivity contribution in [2.45, 2.75) is 30.9 Å². The molecule has 0 spiro atoms. The lowest BCUT2D eigenvalue weighted by molar-refractivity contribution is -0.118. The van der Waals surface area contributed by atoms with Gasteiger partial charge in [0, 0.05) is 18.7 Å². The third-order valence-electron chi connectivity index (χ3n) is 3.51. The molecule has 1 aliphatic rings. The third-order valence-corrected chi connectivity index (χ3v) is 4.87. The maximum atomic E-state index is 12.8. The number of carbonyl (C=O) groups is 1. The fraction of sp³-hybridized carbons (Fsp3) is 0.467. The van der Waals surface area contributed by atoms with Gasteiger partial charge in [0.25, 0.3) is 0 Å². The number of rotatable bonds is 5. The number of benzene rings is 1. The molecule has 6 heteroatoms. The van der Waals surface area contributed by atoms with Gasteiger partial charge in [-0.1, -0.05) is 29.8 Å². The molecule has 1 aromatic carbocycles. The molecule has 0 radical (unpaired) electrons. The lowest BCUT2D eigenvalue weighted by Gasteiger charge is -2.29. The number of oxime groups is 1. The van der Waals surface area contributed by atoms with Gasteiger partial charge in [0.15, 0.2) is 0 Å². The molecule has 3 N–H and O–H groups in total. The Morgan fingerprint density at radius 3 is 2.76 bits per heavy atom. The van der Waals surface area contributed by atoms with Crippen molar-refractivity contribution in [2.75, 3.05) is 17.2 Å². The highest BCUT2D eigenvalue weighted by molar-refractivity contribution is 8.00. The van der Waals surface area contributed by atoms with Gasteiger partial charge in [0.05, 0.1) is 5.25 Å².